The van der Waals surface area contributed by atoms with Gasteiger partial charge in [0.25, 0.3) is 0 Å². The van der Waals surface area contributed by atoms with Gasteiger partial charge in [-0.2, -0.15) is 0 Å². The average Bonchev–Trinajstić information content (AvgIpc) is 2.91. The van der Waals surface area contributed by atoms with Gasteiger partial charge in [-0.15, -0.1) is 0 Å². The summed E-state index contributed by atoms with van der Waals surface area (Å²) in [4.78, 5) is 0. The van der Waals surface area contributed by atoms with Crippen LogP contribution in [-0.4, -0.2) is 13.2 Å². The van der Waals surface area contributed by atoms with E-state index in [-0.39, 0.29) is 0 Å². The second-order valence-electron chi connectivity index (χ2n) is 7.97. The molecule has 0 atom stereocenters. The Labute approximate surface area is 194 Å². The van der Waals surface area contributed by atoms with Crippen LogP contribution in [0.25, 0.3) is 0 Å². The summed E-state index contributed by atoms with van der Waals surface area (Å²) < 4.78 is 6.55. The summed E-state index contributed by atoms with van der Waals surface area (Å²) in [6.07, 6.45) is 0. The van der Waals surface area contributed by atoms with Crippen LogP contribution in [0.15, 0.2) is 152 Å². The van der Waals surface area contributed by atoms with Crippen molar-refractivity contribution in [2.24, 2.45) is 0 Å². The molecule has 0 aromatic heterocycles. The molecule has 0 saturated heterocycles. The van der Waals surface area contributed by atoms with Crippen LogP contribution in [0, 0.1) is 0 Å². The summed E-state index contributed by atoms with van der Waals surface area (Å²) in [6.45, 7) is 0. The van der Waals surface area contributed by atoms with Crippen molar-refractivity contribution in [2.45, 2.75) is 0 Å². The Morgan fingerprint density at radius 2 is 0.438 bits per heavy atom. The molecule has 0 saturated carbocycles. The van der Waals surface area contributed by atoms with E-state index >= 15 is 0 Å². The van der Waals surface area contributed by atoms with Gasteiger partial charge in [0.05, 0.1) is 0 Å². The molecule has 32 heavy (non-hydrogen) atoms. The summed E-state index contributed by atoms with van der Waals surface area (Å²) in [7, 11) is 0. The molecule has 0 radical (unpaired) electrons. The molecule has 5 aromatic rings. The van der Waals surface area contributed by atoms with Crippen LogP contribution in [0.4, 0.5) is 0 Å². The zero-order valence-electron chi connectivity index (χ0n) is 17.7. The number of halogens is 1. The number of hydrogen-bond donors (Lipinski definition) is 0. The Bertz CT molecular complexity index is 1080. The van der Waals surface area contributed by atoms with Crippen molar-refractivity contribution < 1.29 is 0 Å². The molecule has 0 fully saturated rings. The SMILES string of the molecule is Br[Te](c1ccccc1)(c1ccccc1)(c1ccccc1)(c1ccccc1)c1ccccc1. The van der Waals surface area contributed by atoms with Crippen LogP contribution in [0.1, 0.15) is 0 Å². The van der Waals surface area contributed by atoms with Crippen molar-refractivity contribution in [1.29, 1.82) is 0 Å². The first-order chi connectivity index (χ1) is 15.7. The summed E-state index contributed by atoms with van der Waals surface area (Å²) in [5.41, 5.74) is 0. The van der Waals surface area contributed by atoms with Crippen LogP contribution in [0.2, 0.25) is 0 Å². The molecule has 0 N–H and O–H groups in total. The summed E-state index contributed by atoms with van der Waals surface area (Å²) in [5.74, 6) is 0. The molecule has 0 unspecified atom stereocenters. The Morgan fingerprint density at radius 3 is 0.594 bits per heavy atom. The molecular weight excluding hydrogens is 568 g/mol. The predicted molar refractivity (Wildman–Crippen MR) is 145 cm³/mol. The summed E-state index contributed by atoms with van der Waals surface area (Å²) >= 11 is -0.363. The minimum atomic E-state index is -5.19. The molecule has 0 nitrogen and oxygen atoms in total. The fourth-order valence-corrected chi connectivity index (χ4v) is 31.6. The minimum absolute atomic E-state index is 1.31. The van der Waals surface area contributed by atoms with Gasteiger partial charge in [0.15, 0.2) is 0 Å². The van der Waals surface area contributed by atoms with Gasteiger partial charge in [-0.25, -0.2) is 0 Å². The van der Waals surface area contributed by atoms with Gasteiger partial charge in [0.1, 0.15) is 0 Å². The maximum atomic E-state index is 4.83. The molecule has 0 spiro atoms. The quantitative estimate of drug-likeness (QED) is 0.258. The first kappa shape index (κ1) is 21.2. The van der Waals surface area contributed by atoms with Crippen molar-refractivity contribution in [1.82, 2.24) is 0 Å². The van der Waals surface area contributed by atoms with Crippen LogP contribution >= 0.6 is 12.8 Å². The van der Waals surface area contributed by atoms with Crippen molar-refractivity contribution in [3.63, 3.8) is 0 Å². The normalized spacial score (nSPS) is 13.7. The standard InChI is InChI=1S/C30H25BrTe/c31-32(26-16-6-1-7-17-26,27-18-8-2-9-19-27,28-20-10-3-11-21-28,29-22-12-4-13-23-29)30-24-14-5-15-25-30/h1-25H. The van der Waals surface area contributed by atoms with E-state index in [1.807, 2.05) is 0 Å². The van der Waals surface area contributed by atoms with E-state index < -0.39 is 13.2 Å². The predicted octanol–water partition coefficient (Wildman–Crippen LogP) is 4.77. The third kappa shape index (κ3) is 2.49. The van der Waals surface area contributed by atoms with Gasteiger partial charge in [-0.1, -0.05) is 0 Å². The first-order valence-corrected chi connectivity index (χ1v) is 21.8. The fourth-order valence-electron chi connectivity index (χ4n) is 5.08. The molecular formula is C30H25BrTe. The van der Waals surface area contributed by atoms with Gasteiger partial charge < -0.3 is 0 Å². The Hall–Kier alpha value is -2.63. The molecule has 5 aromatic carbocycles. The molecule has 0 aliphatic heterocycles. The molecule has 0 bridgehead atoms. The number of hydrogen-bond acceptors (Lipinski definition) is 0. The van der Waals surface area contributed by atoms with Crippen molar-refractivity contribution in [2.75, 3.05) is 0 Å². The molecule has 0 aliphatic carbocycles. The van der Waals surface area contributed by atoms with Gasteiger partial charge in [0, 0.05) is 0 Å². The van der Waals surface area contributed by atoms with Crippen LogP contribution in [0.5, 0.6) is 0 Å². The van der Waals surface area contributed by atoms with Gasteiger partial charge in [-0.05, 0) is 0 Å². The monoisotopic (exact) mass is 594 g/mol. The van der Waals surface area contributed by atoms with Crippen molar-refractivity contribution >= 4 is 44.0 Å². The van der Waals surface area contributed by atoms with Crippen LogP contribution < -0.4 is 18.1 Å². The third-order valence-corrected chi connectivity index (χ3v) is 38.9. The molecule has 0 heterocycles. The average molecular weight is 593 g/mol. The van der Waals surface area contributed by atoms with Crippen molar-refractivity contribution in [3.05, 3.63) is 152 Å². The molecule has 5 rings (SSSR count). The summed E-state index contributed by atoms with van der Waals surface area (Å²) in [5, 5.41) is 0. The number of rotatable bonds is 5. The fraction of sp³-hybridized carbons (Fsp3) is 0. The Balaban J connectivity index is 2.23. The second-order valence-corrected chi connectivity index (χ2v) is 33.6. The molecule has 2 heteroatoms. The number of benzene rings is 5. The van der Waals surface area contributed by atoms with E-state index in [1.54, 1.807) is 0 Å². The molecule has 0 aliphatic rings. The third-order valence-electron chi connectivity index (χ3n) is 6.52. The maximum absolute atomic E-state index is 5.19. The first-order valence-electron chi connectivity index (χ1n) is 10.7. The second kappa shape index (κ2) is 7.75. The van der Waals surface area contributed by atoms with Gasteiger partial charge >= 0.3 is 196 Å². The van der Waals surface area contributed by atoms with E-state index in [0.29, 0.717) is 0 Å². The Morgan fingerprint density at radius 1 is 0.281 bits per heavy atom. The zero-order valence-corrected chi connectivity index (χ0v) is 21.6. The van der Waals surface area contributed by atoms with E-state index in [2.05, 4.69) is 152 Å². The summed E-state index contributed by atoms with van der Waals surface area (Å²) in [6, 6.07) is 55.2. The van der Waals surface area contributed by atoms with Crippen molar-refractivity contribution in [3.8, 4) is 0 Å². The van der Waals surface area contributed by atoms with Crippen LogP contribution in [-0.2, 0) is 0 Å². The Kier molecular flexibility index (Phi) is 5.14. The van der Waals surface area contributed by atoms with Gasteiger partial charge in [0.2, 0.25) is 0 Å². The van der Waals surface area contributed by atoms with E-state index in [1.165, 1.54) is 18.1 Å². The van der Waals surface area contributed by atoms with Gasteiger partial charge in [-0.3, -0.25) is 0 Å². The molecule has 0 amide bonds. The zero-order chi connectivity index (χ0) is 22.0. The topological polar surface area (TPSA) is 0 Å². The van der Waals surface area contributed by atoms with E-state index in [9.17, 15) is 0 Å². The van der Waals surface area contributed by atoms with E-state index in [0.717, 1.165) is 0 Å². The van der Waals surface area contributed by atoms with E-state index in [4.69, 9.17) is 12.8 Å². The van der Waals surface area contributed by atoms with Crippen LogP contribution in [0.3, 0.4) is 0 Å². The molecule has 158 valence electrons.